The van der Waals surface area contributed by atoms with Gasteiger partial charge in [-0.25, -0.2) is 0 Å². The third kappa shape index (κ3) is 5.95. The van der Waals surface area contributed by atoms with Crippen LogP contribution in [0.2, 0.25) is 10.0 Å². The number of amides is 2. The van der Waals surface area contributed by atoms with E-state index in [1.54, 1.807) is 17.0 Å². The first-order valence-corrected chi connectivity index (χ1v) is 10.5. The van der Waals surface area contributed by atoms with Crippen LogP contribution in [0, 0.1) is 0 Å². The Hall–Kier alpha value is -2.08. The monoisotopic (exact) mass is 433 g/mol. The normalized spacial score (nSPS) is 17.2. The van der Waals surface area contributed by atoms with Gasteiger partial charge < -0.3 is 16.0 Å². The van der Waals surface area contributed by atoms with Crippen LogP contribution in [-0.2, 0) is 22.6 Å². The average Bonchev–Trinajstić information content (AvgIpc) is 3.19. The second kappa shape index (κ2) is 10.1. The molecule has 2 aromatic rings. The number of rotatable bonds is 7. The topological polar surface area (TPSA) is 75.4 Å². The minimum absolute atomic E-state index is 0.0689. The number of nitrogens with two attached hydrogens (primary N) is 1. The molecule has 1 heterocycles. The predicted octanol–water partition coefficient (Wildman–Crippen LogP) is 3.56. The molecule has 2 aromatic carbocycles. The molecule has 1 saturated heterocycles. The molecule has 2 unspecified atom stereocenters. The van der Waals surface area contributed by atoms with Gasteiger partial charge in [0.25, 0.3) is 0 Å². The summed E-state index contributed by atoms with van der Waals surface area (Å²) in [4.78, 5) is 27.1. The Kier molecular flexibility index (Phi) is 7.53. The fourth-order valence-electron chi connectivity index (χ4n) is 3.62. The van der Waals surface area contributed by atoms with Crippen molar-refractivity contribution in [1.29, 1.82) is 0 Å². The molecule has 0 radical (unpaired) electrons. The van der Waals surface area contributed by atoms with Gasteiger partial charge >= 0.3 is 0 Å². The zero-order chi connectivity index (χ0) is 20.8. The molecule has 5 nitrogen and oxygen atoms in total. The van der Waals surface area contributed by atoms with Gasteiger partial charge in [-0.3, -0.25) is 9.59 Å². The molecule has 0 aromatic heterocycles. The number of nitrogens with one attached hydrogen (secondary N) is 1. The maximum absolute atomic E-state index is 12.8. The zero-order valence-corrected chi connectivity index (χ0v) is 17.6. The zero-order valence-electron chi connectivity index (χ0n) is 16.1. The lowest BCUT2D eigenvalue weighted by Gasteiger charge is -2.25. The van der Waals surface area contributed by atoms with Gasteiger partial charge in [-0.15, -0.1) is 0 Å². The van der Waals surface area contributed by atoms with Gasteiger partial charge in [0.15, 0.2) is 0 Å². The first-order valence-electron chi connectivity index (χ1n) is 9.74. The van der Waals surface area contributed by atoms with Crippen molar-refractivity contribution in [2.24, 2.45) is 5.73 Å². The first-order chi connectivity index (χ1) is 13.9. The largest absolute Gasteiger partial charge is 0.350 e. The van der Waals surface area contributed by atoms with Gasteiger partial charge in [-0.05, 0) is 42.5 Å². The molecule has 154 valence electrons. The van der Waals surface area contributed by atoms with Crippen LogP contribution in [0.15, 0.2) is 48.5 Å². The highest BCUT2D eigenvalue weighted by molar-refractivity contribution is 6.42. The molecular weight excluding hydrogens is 409 g/mol. The quantitative estimate of drug-likeness (QED) is 0.700. The Morgan fingerprint density at radius 3 is 2.59 bits per heavy atom. The van der Waals surface area contributed by atoms with E-state index in [2.05, 4.69) is 5.32 Å². The van der Waals surface area contributed by atoms with Crippen LogP contribution < -0.4 is 11.1 Å². The third-order valence-electron chi connectivity index (χ3n) is 5.10. The predicted molar refractivity (Wildman–Crippen MR) is 116 cm³/mol. The summed E-state index contributed by atoms with van der Waals surface area (Å²) in [5, 5.41) is 3.82. The molecule has 1 aliphatic heterocycles. The highest BCUT2D eigenvalue weighted by atomic mass is 35.5. The van der Waals surface area contributed by atoms with Crippen molar-refractivity contribution in [3.8, 4) is 0 Å². The maximum Gasteiger partial charge on any atom is 0.243 e. The number of hydrogen-bond acceptors (Lipinski definition) is 3. The second-order valence-corrected chi connectivity index (χ2v) is 8.18. The van der Waals surface area contributed by atoms with Gasteiger partial charge in [0, 0.05) is 25.6 Å². The molecule has 0 bridgehead atoms. The van der Waals surface area contributed by atoms with E-state index in [0.717, 1.165) is 17.5 Å². The third-order valence-corrected chi connectivity index (χ3v) is 5.84. The molecule has 7 heteroatoms. The highest BCUT2D eigenvalue weighted by Gasteiger charge is 2.34. The van der Waals surface area contributed by atoms with E-state index >= 15 is 0 Å². The van der Waals surface area contributed by atoms with Gasteiger partial charge in [-0.2, -0.15) is 0 Å². The Morgan fingerprint density at radius 1 is 1.10 bits per heavy atom. The van der Waals surface area contributed by atoms with Crippen LogP contribution in [0.4, 0.5) is 0 Å². The van der Waals surface area contributed by atoms with Crippen LogP contribution >= 0.6 is 23.2 Å². The van der Waals surface area contributed by atoms with Crippen molar-refractivity contribution in [3.05, 3.63) is 69.7 Å². The van der Waals surface area contributed by atoms with Gasteiger partial charge in [0.05, 0.1) is 10.0 Å². The molecular formula is C22H25Cl2N3O2. The van der Waals surface area contributed by atoms with Crippen LogP contribution in [0.1, 0.15) is 30.4 Å². The van der Waals surface area contributed by atoms with Gasteiger partial charge in [0.1, 0.15) is 6.04 Å². The van der Waals surface area contributed by atoms with E-state index in [1.165, 1.54) is 0 Å². The minimum atomic E-state index is -0.450. The molecule has 0 spiro atoms. The smallest absolute Gasteiger partial charge is 0.243 e. The SMILES string of the molecule is NC(CC(=O)N1CCCC1C(=O)NCc1ccc(Cl)c(Cl)c1)Cc1ccccc1. The summed E-state index contributed by atoms with van der Waals surface area (Å²) in [6, 6.07) is 14.4. The number of carbonyl (C=O) groups is 2. The Bertz CT molecular complexity index is 860. The van der Waals surface area contributed by atoms with Gasteiger partial charge in [0.2, 0.25) is 11.8 Å². The van der Waals surface area contributed by atoms with Crippen molar-refractivity contribution in [3.63, 3.8) is 0 Å². The van der Waals surface area contributed by atoms with E-state index < -0.39 is 6.04 Å². The highest BCUT2D eigenvalue weighted by Crippen LogP contribution is 2.23. The number of benzene rings is 2. The summed E-state index contributed by atoms with van der Waals surface area (Å²) < 4.78 is 0. The van der Waals surface area contributed by atoms with E-state index in [1.807, 2.05) is 36.4 Å². The average molecular weight is 434 g/mol. The maximum atomic E-state index is 12.8. The summed E-state index contributed by atoms with van der Waals surface area (Å²) in [6.45, 7) is 0.920. The number of likely N-dealkylation sites (tertiary alicyclic amines) is 1. The molecule has 1 aliphatic rings. The standard InChI is InChI=1S/C22H25Cl2N3O2/c23-18-9-8-16(12-19(18)24)14-26-22(29)20-7-4-10-27(20)21(28)13-17(25)11-15-5-2-1-3-6-15/h1-3,5-6,8-9,12,17,20H,4,7,10-11,13-14,25H2,(H,26,29). The molecule has 2 amide bonds. The Balaban J connectivity index is 1.53. The number of carbonyl (C=O) groups excluding carboxylic acids is 2. The lowest BCUT2D eigenvalue weighted by Crippen LogP contribution is -2.47. The summed E-state index contributed by atoms with van der Waals surface area (Å²) in [5.41, 5.74) is 8.14. The van der Waals surface area contributed by atoms with Crippen molar-refractivity contribution >= 4 is 35.0 Å². The summed E-state index contributed by atoms with van der Waals surface area (Å²) in [6.07, 6.45) is 2.33. The lowest BCUT2D eigenvalue weighted by atomic mass is 10.0. The molecule has 3 N–H and O–H groups in total. The van der Waals surface area contributed by atoms with Crippen LogP contribution in [0.25, 0.3) is 0 Å². The Labute approximate surface area is 181 Å². The van der Waals surface area contributed by atoms with Gasteiger partial charge in [-0.1, -0.05) is 59.6 Å². The molecule has 29 heavy (non-hydrogen) atoms. The van der Waals surface area contributed by atoms with E-state index in [-0.39, 0.29) is 24.3 Å². The van der Waals surface area contributed by atoms with E-state index in [4.69, 9.17) is 28.9 Å². The van der Waals surface area contributed by atoms with Crippen LogP contribution in [0.5, 0.6) is 0 Å². The van der Waals surface area contributed by atoms with Crippen molar-refractivity contribution in [2.45, 2.75) is 44.3 Å². The van der Waals surface area contributed by atoms with Crippen LogP contribution in [-0.4, -0.2) is 35.3 Å². The molecule has 0 saturated carbocycles. The van der Waals surface area contributed by atoms with Crippen LogP contribution in [0.3, 0.4) is 0 Å². The minimum Gasteiger partial charge on any atom is -0.350 e. The second-order valence-electron chi connectivity index (χ2n) is 7.37. The lowest BCUT2D eigenvalue weighted by molar-refractivity contribution is -0.138. The summed E-state index contributed by atoms with van der Waals surface area (Å²) in [7, 11) is 0. The van der Waals surface area contributed by atoms with Crippen molar-refractivity contribution in [1.82, 2.24) is 10.2 Å². The van der Waals surface area contributed by atoms with Crippen molar-refractivity contribution < 1.29 is 9.59 Å². The van der Waals surface area contributed by atoms with E-state index in [9.17, 15) is 9.59 Å². The van der Waals surface area contributed by atoms with E-state index in [0.29, 0.717) is 36.0 Å². The Morgan fingerprint density at radius 2 is 1.86 bits per heavy atom. The number of halogens is 2. The molecule has 0 aliphatic carbocycles. The number of nitrogens with zero attached hydrogens (tertiary/aromatic N) is 1. The fraction of sp³-hybridized carbons (Fsp3) is 0.364. The fourth-order valence-corrected chi connectivity index (χ4v) is 3.95. The summed E-state index contributed by atoms with van der Waals surface area (Å²) >= 11 is 11.9. The summed E-state index contributed by atoms with van der Waals surface area (Å²) in [5.74, 6) is -0.223. The molecule has 2 atom stereocenters. The first kappa shape index (κ1) is 21.6. The molecule has 1 fully saturated rings. The number of hydrogen-bond donors (Lipinski definition) is 2. The van der Waals surface area contributed by atoms with Crippen molar-refractivity contribution in [2.75, 3.05) is 6.54 Å². The molecule has 3 rings (SSSR count).